The van der Waals surface area contributed by atoms with Gasteiger partial charge in [0.25, 0.3) is 0 Å². The lowest BCUT2D eigenvalue weighted by Crippen LogP contribution is -2.22. The molecule has 0 unspecified atom stereocenters. The van der Waals surface area contributed by atoms with E-state index >= 15 is 0 Å². The summed E-state index contributed by atoms with van der Waals surface area (Å²) < 4.78 is 0. The van der Waals surface area contributed by atoms with Gasteiger partial charge in [-0.3, -0.25) is 0 Å². The van der Waals surface area contributed by atoms with Gasteiger partial charge in [-0.25, -0.2) is 4.99 Å². The van der Waals surface area contributed by atoms with Crippen LogP contribution in [0.1, 0.15) is 16.7 Å². The Morgan fingerprint density at radius 1 is 1.10 bits per heavy atom. The Morgan fingerprint density at radius 3 is 2.29 bits per heavy atom. The van der Waals surface area contributed by atoms with Crippen LogP contribution in [0.15, 0.2) is 52.4 Å². The Bertz CT molecular complexity index is 613. The van der Waals surface area contributed by atoms with Gasteiger partial charge in [0.15, 0.2) is 5.96 Å². The molecule has 0 saturated heterocycles. The molecule has 0 spiro atoms. The summed E-state index contributed by atoms with van der Waals surface area (Å²) in [6.45, 7) is 4.72. The summed E-state index contributed by atoms with van der Waals surface area (Å²) in [4.78, 5) is 5.63. The highest BCUT2D eigenvalue weighted by Gasteiger charge is 1.98. The maximum atomic E-state index is 5.94. The van der Waals surface area contributed by atoms with Crippen LogP contribution in [0, 0.1) is 13.8 Å². The summed E-state index contributed by atoms with van der Waals surface area (Å²) in [5, 5.41) is 3.14. The first kappa shape index (κ1) is 15.4. The first-order chi connectivity index (χ1) is 10.1. The minimum absolute atomic E-state index is 0.439. The van der Waals surface area contributed by atoms with Gasteiger partial charge in [0.1, 0.15) is 0 Å². The molecule has 2 aromatic carbocycles. The fraction of sp³-hybridized carbons (Fsp3) is 0.235. The van der Waals surface area contributed by atoms with Gasteiger partial charge in [-0.05, 0) is 61.1 Å². The lowest BCUT2D eigenvalue weighted by molar-refractivity contribution is 1.05. The van der Waals surface area contributed by atoms with Crippen LogP contribution in [-0.2, 0) is 6.54 Å². The highest BCUT2D eigenvalue weighted by atomic mass is 32.2. The normalized spacial score (nSPS) is 11.5. The van der Waals surface area contributed by atoms with Crippen molar-refractivity contribution in [3.05, 3.63) is 59.2 Å². The summed E-state index contributed by atoms with van der Waals surface area (Å²) in [6, 6.07) is 14.6. The van der Waals surface area contributed by atoms with E-state index in [1.807, 2.05) is 0 Å². The molecular formula is C17H21N3S. The molecular weight excluding hydrogens is 278 g/mol. The van der Waals surface area contributed by atoms with Crippen molar-refractivity contribution < 1.29 is 0 Å². The molecule has 0 saturated carbocycles. The minimum Gasteiger partial charge on any atom is -0.370 e. The quantitative estimate of drug-likeness (QED) is 0.510. The van der Waals surface area contributed by atoms with Gasteiger partial charge >= 0.3 is 0 Å². The average molecular weight is 299 g/mol. The van der Waals surface area contributed by atoms with Crippen molar-refractivity contribution in [3.63, 3.8) is 0 Å². The van der Waals surface area contributed by atoms with Crippen molar-refractivity contribution in [2.75, 3.05) is 11.6 Å². The number of anilines is 1. The van der Waals surface area contributed by atoms with E-state index in [1.54, 1.807) is 11.8 Å². The minimum atomic E-state index is 0.439. The lowest BCUT2D eigenvalue weighted by Gasteiger charge is -2.08. The van der Waals surface area contributed by atoms with Gasteiger partial charge in [0.2, 0.25) is 0 Å². The fourth-order valence-corrected chi connectivity index (χ4v) is 2.55. The predicted octanol–water partition coefficient (Wildman–Crippen LogP) is 3.95. The van der Waals surface area contributed by atoms with Crippen molar-refractivity contribution in [1.82, 2.24) is 0 Å². The van der Waals surface area contributed by atoms with E-state index < -0.39 is 0 Å². The summed E-state index contributed by atoms with van der Waals surface area (Å²) in [7, 11) is 0. The van der Waals surface area contributed by atoms with Crippen molar-refractivity contribution in [1.29, 1.82) is 0 Å². The van der Waals surface area contributed by atoms with Crippen LogP contribution < -0.4 is 11.1 Å². The van der Waals surface area contributed by atoms with Gasteiger partial charge in [0.05, 0.1) is 6.54 Å². The third-order valence-electron chi connectivity index (χ3n) is 3.09. The second kappa shape index (κ2) is 7.18. The van der Waals surface area contributed by atoms with Gasteiger partial charge < -0.3 is 11.1 Å². The van der Waals surface area contributed by atoms with Crippen molar-refractivity contribution >= 4 is 23.4 Å². The number of aryl methyl sites for hydroxylation is 2. The molecule has 2 rings (SSSR count). The SMILES string of the molecule is CSc1ccc(CN=C(N)Nc2cc(C)cc(C)c2)cc1. The van der Waals surface area contributed by atoms with E-state index in [0.717, 1.165) is 11.3 Å². The van der Waals surface area contributed by atoms with E-state index in [4.69, 9.17) is 5.73 Å². The van der Waals surface area contributed by atoms with Crippen molar-refractivity contribution in [2.24, 2.45) is 10.7 Å². The maximum Gasteiger partial charge on any atom is 0.193 e. The molecule has 0 aromatic heterocycles. The van der Waals surface area contributed by atoms with Crippen LogP contribution in [0.3, 0.4) is 0 Å². The predicted molar refractivity (Wildman–Crippen MR) is 93.1 cm³/mol. The molecule has 3 N–H and O–H groups in total. The number of benzene rings is 2. The summed E-state index contributed by atoms with van der Waals surface area (Å²) in [5.74, 6) is 0.439. The molecule has 0 aliphatic heterocycles. The number of guanidine groups is 1. The largest absolute Gasteiger partial charge is 0.370 e. The fourth-order valence-electron chi connectivity index (χ4n) is 2.14. The topological polar surface area (TPSA) is 50.4 Å². The van der Waals surface area contributed by atoms with Crippen LogP contribution >= 0.6 is 11.8 Å². The Balaban J connectivity index is 2.00. The number of rotatable bonds is 4. The Kier molecular flexibility index (Phi) is 5.28. The van der Waals surface area contributed by atoms with Gasteiger partial charge in [-0.2, -0.15) is 0 Å². The molecule has 0 aliphatic carbocycles. The zero-order valence-electron chi connectivity index (χ0n) is 12.7. The van der Waals surface area contributed by atoms with E-state index in [1.165, 1.54) is 16.0 Å². The van der Waals surface area contributed by atoms with Crippen LogP contribution in [0.4, 0.5) is 5.69 Å². The molecule has 110 valence electrons. The van der Waals surface area contributed by atoms with E-state index in [2.05, 4.69) is 72.9 Å². The molecule has 4 heteroatoms. The number of hydrogen-bond donors (Lipinski definition) is 2. The Hall–Kier alpha value is -1.94. The Morgan fingerprint density at radius 2 is 1.71 bits per heavy atom. The Labute approximate surface area is 130 Å². The number of aliphatic imine (C=N–C) groups is 1. The van der Waals surface area contributed by atoms with Crippen molar-refractivity contribution in [3.8, 4) is 0 Å². The van der Waals surface area contributed by atoms with Gasteiger partial charge in [0, 0.05) is 10.6 Å². The highest BCUT2D eigenvalue weighted by Crippen LogP contribution is 2.16. The summed E-state index contributed by atoms with van der Waals surface area (Å²) in [5.41, 5.74) is 10.5. The molecule has 3 nitrogen and oxygen atoms in total. The molecule has 0 amide bonds. The van der Waals surface area contributed by atoms with Crippen molar-refractivity contribution in [2.45, 2.75) is 25.3 Å². The number of nitrogens with one attached hydrogen (secondary N) is 1. The maximum absolute atomic E-state index is 5.94. The van der Waals surface area contributed by atoms with E-state index in [-0.39, 0.29) is 0 Å². The van der Waals surface area contributed by atoms with Crippen LogP contribution in [0.5, 0.6) is 0 Å². The van der Waals surface area contributed by atoms with Gasteiger partial charge in [-0.15, -0.1) is 11.8 Å². The second-order valence-corrected chi connectivity index (χ2v) is 5.93. The van der Waals surface area contributed by atoms with E-state index in [9.17, 15) is 0 Å². The summed E-state index contributed by atoms with van der Waals surface area (Å²) in [6.07, 6.45) is 2.07. The van der Waals surface area contributed by atoms with E-state index in [0.29, 0.717) is 12.5 Å². The summed E-state index contributed by atoms with van der Waals surface area (Å²) >= 11 is 1.73. The highest BCUT2D eigenvalue weighted by molar-refractivity contribution is 7.98. The number of nitrogens with zero attached hydrogens (tertiary/aromatic N) is 1. The van der Waals surface area contributed by atoms with Crippen LogP contribution in [0.25, 0.3) is 0 Å². The molecule has 0 radical (unpaired) electrons. The third-order valence-corrected chi connectivity index (χ3v) is 3.83. The molecule has 2 aromatic rings. The molecule has 0 aliphatic rings. The molecule has 0 fully saturated rings. The van der Waals surface area contributed by atoms with Crippen LogP contribution in [-0.4, -0.2) is 12.2 Å². The lowest BCUT2D eigenvalue weighted by atomic mass is 10.1. The zero-order chi connectivity index (χ0) is 15.2. The molecule has 0 atom stereocenters. The molecule has 21 heavy (non-hydrogen) atoms. The monoisotopic (exact) mass is 299 g/mol. The first-order valence-electron chi connectivity index (χ1n) is 6.85. The number of hydrogen-bond acceptors (Lipinski definition) is 2. The standard InChI is InChI=1S/C17H21N3S/c1-12-8-13(2)10-15(9-12)20-17(18)19-11-14-4-6-16(21-3)7-5-14/h4-10H,11H2,1-3H3,(H3,18,19,20). The van der Waals surface area contributed by atoms with Crippen LogP contribution in [0.2, 0.25) is 0 Å². The van der Waals surface area contributed by atoms with Gasteiger partial charge in [-0.1, -0.05) is 18.2 Å². The number of nitrogens with two attached hydrogens (primary N) is 1. The molecule has 0 bridgehead atoms. The number of thioether (sulfide) groups is 1. The first-order valence-corrected chi connectivity index (χ1v) is 8.07. The second-order valence-electron chi connectivity index (χ2n) is 5.05. The average Bonchev–Trinajstić information content (AvgIpc) is 2.44. The molecule has 0 heterocycles. The smallest absolute Gasteiger partial charge is 0.193 e. The zero-order valence-corrected chi connectivity index (χ0v) is 13.5. The third kappa shape index (κ3) is 4.83.